The van der Waals surface area contributed by atoms with Crippen LogP contribution in [0.15, 0.2) is 29.1 Å². The zero-order valence-electron chi connectivity index (χ0n) is 15.3. The Morgan fingerprint density at radius 1 is 1.30 bits per heavy atom. The van der Waals surface area contributed by atoms with Crippen molar-refractivity contribution in [1.82, 2.24) is 14.4 Å². The number of rotatable bonds is 3. The molecule has 1 N–H and O–H groups in total. The van der Waals surface area contributed by atoms with Gasteiger partial charge in [0.2, 0.25) is 0 Å². The van der Waals surface area contributed by atoms with Gasteiger partial charge >= 0.3 is 0 Å². The number of hydrogen-bond acceptors (Lipinski definition) is 4. The van der Waals surface area contributed by atoms with Crippen molar-refractivity contribution in [1.29, 1.82) is 0 Å². The number of carbonyl (C=O) groups is 2. The molecule has 8 heteroatoms. The lowest BCUT2D eigenvalue weighted by Gasteiger charge is -2.31. The van der Waals surface area contributed by atoms with Gasteiger partial charge in [0.15, 0.2) is 5.75 Å². The smallest absolute Gasteiger partial charge is 0.293 e. The van der Waals surface area contributed by atoms with Crippen LogP contribution in [0.2, 0.25) is 0 Å². The summed E-state index contributed by atoms with van der Waals surface area (Å²) < 4.78 is 14.5. The molecule has 2 amide bonds. The van der Waals surface area contributed by atoms with Crippen molar-refractivity contribution in [3.05, 3.63) is 62.8 Å². The molecule has 0 saturated heterocycles. The van der Waals surface area contributed by atoms with Crippen molar-refractivity contribution in [3.63, 3.8) is 0 Å². The normalized spacial score (nSPS) is 13.5. The van der Waals surface area contributed by atoms with E-state index in [-0.39, 0.29) is 24.3 Å². The van der Waals surface area contributed by atoms with E-state index >= 15 is 0 Å². The third-order valence-electron chi connectivity index (χ3n) is 4.67. The van der Waals surface area contributed by atoms with E-state index in [1.807, 2.05) is 0 Å². The summed E-state index contributed by atoms with van der Waals surface area (Å²) in [7, 11) is 4.49. The summed E-state index contributed by atoms with van der Waals surface area (Å²) in [5, 5.41) is 10.3. The second-order valence-corrected chi connectivity index (χ2v) is 6.72. The monoisotopic (exact) mass is 373 g/mol. The Morgan fingerprint density at radius 2 is 2.00 bits per heavy atom. The van der Waals surface area contributed by atoms with Crippen LogP contribution in [0.1, 0.15) is 32.0 Å². The summed E-state index contributed by atoms with van der Waals surface area (Å²) in [5.74, 6) is -2.05. The van der Waals surface area contributed by atoms with Crippen molar-refractivity contribution in [2.75, 3.05) is 20.6 Å². The molecule has 1 aliphatic rings. The van der Waals surface area contributed by atoms with E-state index in [0.717, 1.165) is 4.57 Å². The minimum atomic E-state index is -0.806. The van der Waals surface area contributed by atoms with Crippen LogP contribution in [0.4, 0.5) is 4.39 Å². The molecular weight excluding hydrogens is 353 g/mol. The first-order valence-electron chi connectivity index (χ1n) is 8.42. The number of fused-ring (bicyclic) bond motifs is 1. The summed E-state index contributed by atoms with van der Waals surface area (Å²) in [5.41, 5.74) is 0.0934. The zero-order valence-corrected chi connectivity index (χ0v) is 15.3. The Labute approximate surface area is 155 Å². The van der Waals surface area contributed by atoms with Gasteiger partial charge in [-0.15, -0.1) is 0 Å². The maximum atomic E-state index is 13.4. The van der Waals surface area contributed by atoms with Gasteiger partial charge in [0, 0.05) is 39.8 Å². The van der Waals surface area contributed by atoms with Gasteiger partial charge in [0.05, 0.1) is 5.56 Å². The van der Waals surface area contributed by atoms with Gasteiger partial charge < -0.3 is 19.5 Å². The molecular formula is C19H20FN3O4. The number of hydrogen-bond donors (Lipinski definition) is 1. The second-order valence-electron chi connectivity index (χ2n) is 6.72. The van der Waals surface area contributed by atoms with Crippen molar-refractivity contribution >= 4 is 11.8 Å². The Kier molecular flexibility index (Phi) is 4.73. The van der Waals surface area contributed by atoms with E-state index in [9.17, 15) is 23.9 Å². The predicted octanol–water partition coefficient (Wildman–Crippen LogP) is 1.13. The van der Waals surface area contributed by atoms with Crippen LogP contribution in [-0.4, -0.2) is 51.9 Å². The van der Waals surface area contributed by atoms with E-state index in [1.54, 1.807) is 26.2 Å². The van der Waals surface area contributed by atoms with Gasteiger partial charge in [0.1, 0.15) is 11.5 Å². The topological polar surface area (TPSA) is 82.9 Å². The van der Waals surface area contributed by atoms with E-state index < -0.39 is 28.9 Å². The van der Waals surface area contributed by atoms with Crippen LogP contribution < -0.4 is 5.56 Å². The maximum Gasteiger partial charge on any atom is 0.293 e. The van der Waals surface area contributed by atoms with Crippen molar-refractivity contribution in [2.24, 2.45) is 7.05 Å². The number of nitrogens with zero attached hydrogens (tertiary/aromatic N) is 3. The molecule has 0 atom stereocenters. The average molecular weight is 373 g/mol. The Balaban J connectivity index is 2.07. The lowest BCUT2D eigenvalue weighted by molar-refractivity contribution is 0.0720. The average Bonchev–Trinajstić information content (AvgIpc) is 2.62. The van der Waals surface area contributed by atoms with E-state index in [1.165, 1.54) is 29.0 Å². The molecule has 7 nitrogen and oxygen atoms in total. The molecule has 0 radical (unpaired) electrons. The largest absolute Gasteiger partial charge is 0.502 e. The third kappa shape index (κ3) is 3.18. The van der Waals surface area contributed by atoms with Gasteiger partial charge in [-0.1, -0.05) is 12.1 Å². The molecule has 0 fully saturated rings. The molecule has 0 bridgehead atoms. The van der Waals surface area contributed by atoms with Crippen molar-refractivity contribution < 1.29 is 19.1 Å². The SMILES string of the molecule is CN(C)C(=O)c1c2c(c(O)c(=O)n1C)C(=O)N(Cc1cccc(F)c1)CC2. The van der Waals surface area contributed by atoms with Gasteiger partial charge in [-0.2, -0.15) is 0 Å². The highest BCUT2D eigenvalue weighted by Gasteiger charge is 2.34. The summed E-state index contributed by atoms with van der Waals surface area (Å²) in [6.07, 6.45) is 0.299. The van der Waals surface area contributed by atoms with Gasteiger partial charge in [-0.25, -0.2) is 4.39 Å². The first kappa shape index (κ1) is 18.6. The number of amides is 2. The van der Waals surface area contributed by atoms with E-state index in [2.05, 4.69) is 0 Å². The molecule has 1 aromatic carbocycles. The highest BCUT2D eigenvalue weighted by Crippen LogP contribution is 2.28. The van der Waals surface area contributed by atoms with Gasteiger partial charge in [-0.05, 0) is 24.1 Å². The number of benzene rings is 1. The number of pyridine rings is 1. The molecule has 2 heterocycles. The van der Waals surface area contributed by atoms with Crippen LogP contribution in [0.3, 0.4) is 0 Å². The molecule has 0 aliphatic carbocycles. The summed E-state index contributed by atoms with van der Waals surface area (Å²) in [6.45, 7) is 0.426. The molecule has 3 rings (SSSR count). The fourth-order valence-corrected chi connectivity index (χ4v) is 3.30. The summed E-state index contributed by atoms with van der Waals surface area (Å²) >= 11 is 0. The van der Waals surface area contributed by atoms with Crippen molar-refractivity contribution in [2.45, 2.75) is 13.0 Å². The third-order valence-corrected chi connectivity index (χ3v) is 4.67. The molecule has 142 valence electrons. The van der Waals surface area contributed by atoms with Crippen LogP contribution in [-0.2, 0) is 20.0 Å². The van der Waals surface area contributed by atoms with E-state index in [0.29, 0.717) is 17.5 Å². The standard InChI is InChI=1S/C19H20FN3O4/c1-21(2)18(26)15-13-7-8-23(10-11-5-4-6-12(20)9-11)17(25)14(13)16(24)19(27)22(15)3/h4-6,9,24H,7-8,10H2,1-3H3. The molecule has 0 unspecified atom stereocenters. The predicted molar refractivity (Wildman–Crippen MR) is 96.2 cm³/mol. The second kappa shape index (κ2) is 6.86. The number of aromatic nitrogens is 1. The van der Waals surface area contributed by atoms with Crippen LogP contribution in [0, 0.1) is 5.82 Å². The quantitative estimate of drug-likeness (QED) is 0.874. The minimum absolute atomic E-state index is 0.0940. The number of aromatic hydroxyl groups is 1. The van der Waals surface area contributed by atoms with Gasteiger partial charge in [0.25, 0.3) is 17.4 Å². The Morgan fingerprint density at radius 3 is 2.63 bits per heavy atom. The van der Waals surface area contributed by atoms with Gasteiger partial charge in [-0.3, -0.25) is 14.4 Å². The highest BCUT2D eigenvalue weighted by molar-refractivity contribution is 6.03. The summed E-state index contributed by atoms with van der Waals surface area (Å²) in [4.78, 5) is 40.6. The Hall–Kier alpha value is -3.16. The van der Waals surface area contributed by atoms with Crippen LogP contribution in [0.25, 0.3) is 0 Å². The number of carbonyl (C=O) groups excluding carboxylic acids is 2. The van der Waals surface area contributed by atoms with Crippen LogP contribution in [0.5, 0.6) is 5.75 Å². The minimum Gasteiger partial charge on any atom is -0.502 e. The lowest BCUT2D eigenvalue weighted by Crippen LogP contribution is -2.42. The fraction of sp³-hybridized carbons (Fsp3) is 0.316. The van der Waals surface area contributed by atoms with Crippen molar-refractivity contribution in [3.8, 4) is 5.75 Å². The lowest BCUT2D eigenvalue weighted by atomic mass is 9.95. The molecule has 0 saturated carbocycles. The number of halogens is 1. The zero-order chi connectivity index (χ0) is 19.9. The van der Waals surface area contributed by atoms with Crippen LogP contribution >= 0.6 is 0 Å². The molecule has 1 aromatic heterocycles. The highest BCUT2D eigenvalue weighted by atomic mass is 19.1. The Bertz CT molecular complexity index is 997. The maximum absolute atomic E-state index is 13.4. The van der Waals surface area contributed by atoms with E-state index in [4.69, 9.17) is 0 Å². The first-order chi connectivity index (χ1) is 12.7. The fourth-order valence-electron chi connectivity index (χ4n) is 3.30. The summed E-state index contributed by atoms with van der Waals surface area (Å²) in [6, 6.07) is 5.88. The first-order valence-corrected chi connectivity index (χ1v) is 8.42. The molecule has 0 spiro atoms. The molecule has 1 aliphatic heterocycles. The molecule has 27 heavy (non-hydrogen) atoms. The molecule has 2 aromatic rings.